The van der Waals surface area contributed by atoms with E-state index in [1.165, 1.54) is 12.1 Å². The summed E-state index contributed by atoms with van der Waals surface area (Å²) in [5.41, 5.74) is 2.39. The van der Waals surface area contributed by atoms with E-state index in [-0.39, 0.29) is 17.6 Å². The number of carboxylic acids is 1. The van der Waals surface area contributed by atoms with Crippen LogP contribution in [0.15, 0.2) is 89.5 Å². The average molecular weight is 476 g/mol. The number of carboxylic acid groups (broad SMARTS) is 1. The number of aromatic nitrogens is 1. The molecular weight excluding hydrogens is 458 g/mol. The highest BCUT2D eigenvalue weighted by molar-refractivity contribution is 7.80. The van der Waals surface area contributed by atoms with Crippen LogP contribution in [-0.2, 0) is 0 Å². The summed E-state index contributed by atoms with van der Waals surface area (Å²) in [4.78, 5) is 18.0. The van der Waals surface area contributed by atoms with Gasteiger partial charge in [-0.3, -0.25) is 4.98 Å². The highest BCUT2D eigenvalue weighted by Crippen LogP contribution is 2.43. The van der Waals surface area contributed by atoms with Gasteiger partial charge >= 0.3 is 5.97 Å². The summed E-state index contributed by atoms with van der Waals surface area (Å²) in [5.74, 6) is 0.0906. The van der Waals surface area contributed by atoms with E-state index in [4.69, 9.17) is 28.2 Å². The molecule has 0 aliphatic carbocycles. The lowest BCUT2D eigenvalue weighted by Crippen LogP contribution is -2.29. The maximum absolute atomic E-state index is 11.4. The first-order chi connectivity index (χ1) is 16.0. The molecule has 1 aliphatic heterocycles. The second-order valence-corrected chi connectivity index (χ2v) is 8.33. The van der Waals surface area contributed by atoms with Crippen molar-refractivity contribution in [1.29, 1.82) is 0 Å². The molecule has 6 nitrogen and oxygen atoms in total. The number of nitrogens with zero attached hydrogens (tertiary/aromatic N) is 2. The molecule has 0 spiro atoms. The Bertz CT molecular complexity index is 1330. The number of nitrogens with one attached hydrogen (secondary N) is 1. The molecule has 1 fully saturated rings. The lowest BCUT2D eigenvalue weighted by atomic mass is 10.0. The Morgan fingerprint density at radius 2 is 1.85 bits per heavy atom. The van der Waals surface area contributed by atoms with Crippen LogP contribution in [0.1, 0.15) is 33.9 Å². The van der Waals surface area contributed by atoms with Crippen LogP contribution in [0.25, 0.3) is 11.3 Å². The average Bonchev–Trinajstić information content (AvgIpc) is 3.45. The fraction of sp³-hybridized carbons (Fsp3) is 0.0800. The van der Waals surface area contributed by atoms with Crippen LogP contribution in [0.2, 0.25) is 5.02 Å². The third kappa shape index (κ3) is 3.97. The number of anilines is 1. The monoisotopic (exact) mass is 475 g/mol. The summed E-state index contributed by atoms with van der Waals surface area (Å²) in [7, 11) is 0. The van der Waals surface area contributed by atoms with Crippen LogP contribution in [0.3, 0.4) is 0 Å². The van der Waals surface area contributed by atoms with Crippen LogP contribution in [0.4, 0.5) is 5.69 Å². The molecule has 2 atom stereocenters. The standard InChI is InChI=1S/C25H18ClN3O3S/c26-18-10-9-15(24(30)31)14-17(18)20-11-12-21(32-20)23-22(19-8-4-5-13-27-19)28-25(33)29(23)16-6-2-1-3-7-16/h1-14,22-23H,(H,28,33)(H,30,31)/t22-,23+/m0/s1. The van der Waals surface area contributed by atoms with Gasteiger partial charge in [-0.1, -0.05) is 35.9 Å². The van der Waals surface area contributed by atoms with Crippen LogP contribution in [-0.4, -0.2) is 21.2 Å². The van der Waals surface area contributed by atoms with E-state index in [2.05, 4.69) is 10.3 Å². The van der Waals surface area contributed by atoms with Crippen molar-refractivity contribution in [3.05, 3.63) is 107 Å². The third-order valence-corrected chi connectivity index (χ3v) is 6.17. The zero-order valence-electron chi connectivity index (χ0n) is 17.2. The van der Waals surface area contributed by atoms with E-state index in [1.807, 2.05) is 59.5 Å². The molecule has 0 unspecified atom stereocenters. The number of carbonyl (C=O) groups is 1. The van der Waals surface area contributed by atoms with E-state index in [0.717, 1.165) is 11.4 Å². The van der Waals surface area contributed by atoms with Gasteiger partial charge in [-0.15, -0.1) is 0 Å². The molecule has 2 aromatic carbocycles. The van der Waals surface area contributed by atoms with Crippen molar-refractivity contribution >= 4 is 40.6 Å². The van der Waals surface area contributed by atoms with Crippen molar-refractivity contribution in [2.45, 2.75) is 12.1 Å². The highest BCUT2D eigenvalue weighted by Gasteiger charge is 2.42. The molecule has 0 radical (unpaired) electrons. The summed E-state index contributed by atoms with van der Waals surface area (Å²) in [6.07, 6.45) is 1.74. The number of halogens is 1. The van der Waals surface area contributed by atoms with E-state index < -0.39 is 5.97 Å². The molecule has 0 amide bonds. The van der Waals surface area contributed by atoms with Gasteiger partial charge in [0.25, 0.3) is 0 Å². The minimum Gasteiger partial charge on any atom is -0.478 e. The number of rotatable bonds is 5. The summed E-state index contributed by atoms with van der Waals surface area (Å²) in [5, 5.41) is 13.7. The second-order valence-electron chi connectivity index (χ2n) is 7.53. The summed E-state index contributed by atoms with van der Waals surface area (Å²) in [6.45, 7) is 0. The normalized spacial score (nSPS) is 17.7. The van der Waals surface area contributed by atoms with Gasteiger partial charge in [0.1, 0.15) is 17.6 Å². The summed E-state index contributed by atoms with van der Waals surface area (Å²) >= 11 is 12.1. The molecular formula is C25H18ClN3O3S. The highest BCUT2D eigenvalue weighted by atomic mass is 35.5. The molecule has 3 heterocycles. The molecule has 0 bridgehead atoms. The Balaban J connectivity index is 1.61. The number of hydrogen-bond donors (Lipinski definition) is 2. The zero-order chi connectivity index (χ0) is 22.9. The Morgan fingerprint density at radius 1 is 1.06 bits per heavy atom. The van der Waals surface area contributed by atoms with E-state index in [1.54, 1.807) is 18.3 Å². The van der Waals surface area contributed by atoms with Crippen LogP contribution in [0, 0.1) is 0 Å². The minimum atomic E-state index is -1.03. The van der Waals surface area contributed by atoms with Gasteiger partial charge in [0.15, 0.2) is 5.11 Å². The molecule has 33 heavy (non-hydrogen) atoms. The van der Waals surface area contributed by atoms with Gasteiger partial charge in [-0.2, -0.15) is 0 Å². The summed E-state index contributed by atoms with van der Waals surface area (Å²) < 4.78 is 6.27. The van der Waals surface area contributed by atoms with Crippen LogP contribution in [0.5, 0.6) is 0 Å². The van der Waals surface area contributed by atoms with Gasteiger partial charge in [0.05, 0.1) is 22.3 Å². The molecule has 8 heteroatoms. The number of pyridine rings is 1. The fourth-order valence-electron chi connectivity index (χ4n) is 4.01. The number of para-hydroxylation sites is 1. The first-order valence-electron chi connectivity index (χ1n) is 10.2. The third-order valence-electron chi connectivity index (χ3n) is 5.53. The zero-order valence-corrected chi connectivity index (χ0v) is 18.8. The van der Waals surface area contributed by atoms with Gasteiger partial charge < -0.3 is 19.7 Å². The first kappa shape index (κ1) is 21.2. The quantitative estimate of drug-likeness (QED) is 0.349. The van der Waals surface area contributed by atoms with Crippen LogP contribution < -0.4 is 10.2 Å². The van der Waals surface area contributed by atoms with Crippen LogP contribution >= 0.6 is 23.8 Å². The Kier molecular flexibility index (Phi) is 5.58. The molecule has 2 aromatic heterocycles. The number of hydrogen-bond acceptors (Lipinski definition) is 4. The molecule has 1 aliphatic rings. The fourth-order valence-corrected chi connectivity index (χ4v) is 4.57. The maximum Gasteiger partial charge on any atom is 0.335 e. The van der Waals surface area contributed by atoms with Gasteiger partial charge in [0.2, 0.25) is 0 Å². The van der Waals surface area contributed by atoms with E-state index in [9.17, 15) is 9.90 Å². The van der Waals surface area contributed by atoms with Gasteiger partial charge in [-0.25, -0.2) is 4.79 Å². The van der Waals surface area contributed by atoms with Crippen molar-refractivity contribution in [3.63, 3.8) is 0 Å². The van der Waals surface area contributed by atoms with Gasteiger partial charge in [-0.05, 0) is 66.8 Å². The van der Waals surface area contributed by atoms with Crippen molar-refractivity contribution < 1.29 is 14.3 Å². The number of furan rings is 1. The molecule has 5 rings (SSSR count). The Hall–Kier alpha value is -3.68. The van der Waals surface area contributed by atoms with Crippen molar-refractivity contribution in [3.8, 4) is 11.3 Å². The lowest BCUT2D eigenvalue weighted by molar-refractivity contribution is 0.0697. The second kappa shape index (κ2) is 8.69. The molecule has 4 aromatic rings. The predicted octanol–water partition coefficient (Wildman–Crippen LogP) is 5.87. The summed E-state index contributed by atoms with van der Waals surface area (Å²) in [6, 6.07) is 23.2. The smallest absolute Gasteiger partial charge is 0.335 e. The number of aromatic carboxylic acids is 1. The maximum atomic E-state index is 11.4. The number of thiocarbonyl (C=S) groups is 1. The lowest BCUT2D eigenvalue weighted by Gasteiger charge is -2.26. The minimum absolute atomic E-state index is 0.133. The van der Waals surface area contributed by atoms with Crippen molar-refractivity contribution in [1.82, 2.24) is 10.3 Å². The van der Waals surface area contributed by atoms with Crippen molar-refractivity contribution in [2.24, 2.45) is 0 Å². The SMILES string of the molecule is O=C(O)c1ccc(Cl)c(-c2ccc([C@@H]3[C@H](c4ccccn4)NC(=S)N3c3ccccc3)o2)c1. The molecule has 164 valence electrons. The molecule has 0 saturated carbocycles. The van der Waals surface area contributed by atoms with Gasteiger partial charge in [0, 0.05) is 17.4 Å². The first-order valence-corrected chi connectivity index (χ1v) is 11.0. The van der Waals surface area contributed by atoms with E-state index >= 15 is 0 Å². The van der Waals surface area contributed by atoms with E-state index in [0.29, 0.717) is 27.2 Å². The topological polar surface area (TPSA) is 78.6 Å². The predicted molar refractivity (Wildman–Crippen MR) is 130 cm³/mol. The molecule has 2 N–H and O–H groups in total. The number of benzene rings is 2. The Labute approximate surface area is 200 Å². The Morgan fingerprint density at radius 3 is 2.58 bits per heavy atom. The van der Waals surface area contributed by atoms with Crippen molar-refractivity contribution in [2.75, 3.05) is 4.90 Å². The molecule has 1 saturated heterocycles. The largest absolute Gasteiger partial charge is 0.478 e.